The van der Waals surface area contributed by atoms with Crippen LogP contribution in [-0.2, 0) is 16.1 Å². The fraction of sp³-hybridized carbons (Fsp3) is 0.188. The molecule has 0 unspecified atom stereocenters. The zero-order chi connectivity index (χ0) is 29.8. The molecule has 8 nitrogen and oxygen atoms in total. The molecule has 42 heavy (non-hydrogen) atoms. The molecule has 0 spiro atoms. The summed E-state index contributed by atoms with van der Waals surface area (Å²) >= 11 is 4.83. The second-order valence-corrected chi connectivity index (χ2v) is 11.2. The van der Waals surface area contributed by atoms with Crippen LogP contribution in [0.1, 0.15) is 42.1 Å². The lowest BCUT2D eigenvalue weighted by atomic mass is 9.95. The Morgan fingerprint density at radius 3 is 2.60 bits per heavy atom. The number of halogens is 1. The van der Waals surface area contributed by atoms with Crippen molar-refractivity contribution in [3.8, 4) is 17.6 Å². The smallest absolute Gasteiger partial charge is 0.338 e. The van der Waals surface area contributed by atoms with Gasteiger partial charge in [-0.2, -0.15) is 5.26 Å². The van der Waals surface area contributed by atoms with Crippen molar-refractivity contribution >= 4 is 39.3 Å². The van der Waals surface area contributed by atoms with Crippen molar-refractivity contribution in [2.24, 2.45) is 4.99 Å². The first-order chi connectivity index (χ1) is 20.3. The highest BCUT2D eigenvalue weighted by Gasteiger charge is 2.34. The van der Waals surface area contributed by atoms with Crippen LogP contribution in [0.3, 0.4) is 0 Å². The predicted molar refractivity (Wildman–Crippen MR) is 163 cm³/mol. The van der Waals surface area contributed by atoms with Gasteiger partial charge in [-0.3, -0.25) is 9.36 Å². The van der Waals surface area contributed by atoms with Crippen LogP contribution in [0.2, 0.25) is 0 Å². The first kappa shape index (κ1) is 29.0. The van der Waals surface area contributed by atoms with Gasteiger partial charge in [-0.05, 0) is 77.3 Å². The van der Waals surface area contributed by atoms with Gasteiger partial charge in [0.05, 0.1) is 45.6 Å². The Morgan fingerprint density at radius 1 is 1.14 bits per heavy atom. The van der Waals surface area contributed by atoms with E-state index in [-0.39, 0.29) is 12.2 Å². The quantitative estimate of drug-likeness (QED) is 0.250. The van der Waals surface area contributed by atoms with Gasteiger partial charge in [-0.25, -0.2) is 9.79 Å². The van der Waals surface area contributed by atoms with Crippen LogP contribution in [-0.4, -0.2) is 24.3 Å². The molecule has 1 aliphatic heterocycles. The van der Waals surface area contributed by atoms with Gasteiger partial charge in [0.1, 0.15) is 24.1 Å². The molecule has 10 heteroatoms. The first-order valence-corrected chi connectivity index (χ1v) is 14.7. The summed E-state index contributed by atoms with van der Waals surface area (Å²) in [5, 5.41) is 8.98. The average Bonchev–Trinajstić information content (AvgIpc) is 3.30. The van der Waals surface area contributed by atoms with Gasteiger partial charge in [0, 0.05) is 5.56 Å². The Hall–Kier alpha value is -4.46. The van der Waals surface area contributed by atoms with Crippen LogP contribution < -0.4 is 24.4 Å². The third kappa shape index (κ3) is 5.79. The number of hydrogen-bond acceptors (Lipinski definition) is 8. The SMILES string of the molecule is CCOC(=O)C1=C(C)N=c2s/c(=C\c3ccc(OCc4ccc(C#N)cc4)c(Br)c3)c(=O)n2[C@@H]1c1ccccc1OC. The van der Waals surface area contributed by atoms with Crippen molar-refractivity contribution in [3.63, 3.8) is 0 Å². The number of carbonyl (C=O) groups excluding carboxylic acids is 1. The number of nitrogens with zero attached hydrogens (tertiary/aromatic N) is 3. The standard InChI is InChI=1S/C32H26BrN3O5S/c1-4-40-31(38)28-19(2)35-32-36(29(28)23-7-5-6-8-25(23)39-3)30(37)27(42-32)16-22-13-14-26(24(33)15-22)41-18-21-11-9-20(17-34)10-12-21/h5-16,29H,4,18H2,1-3H3/b27-16-/t29-/m1/s1. The van der Waals surface area contributed by atoms with E-state index in [2.05, 4.69) is 27.0 Å². The number of carbonyl (C=O) groups is 1. The molecule has 4 aromatic rings. The normalized spacial score (nSPS) is 14.5. The Balaban J connectivity index is 1.52. The fourth-order valence-corrected chi connectivity index (χ4v) is 6.25. The summed E-state index contributed by atoms with van der Waals surface area (Å²) in [6.45, 7) is 4.02. The van der Waals surface area contributed by atoms with E-state index < -0.39 is 12.0 Å². The van der Waals surface area contributed by atoms with E-state index in [0.717, 1.165) is 15.6 Å². The molecule has 1 aromatic heterocycles. The molecular formula is C32H26BrN3O5S. The molecule has 0 radical (unpaired) electrons. The molecule has 1 atom stereocenters. The number of methoxy groups -OCH3 is 1. The molecule has 2 heterocycles. The van der Waals surface area contributed by atoms with Gasteiger partial charge in [-0.15, -0.1) is 0 Å². The molecule has 0 saturated heterocycles. The maximum Gasteiger partial charge on any atom is 0.338 e. The van der Waals surface area contributed by atoms with Crippen molar-refractivity contribution < 1.29 is 19.0 Å². The van der Waals surface area contributed by atoms with E-state index in [1.165, 1.54) is 15.9 Å². The average molecular weight is 645 g/mol. The minimum absolute atomic E-state index is 0.195. The number of thiazole rings is 1. The third-order valence-corrected chi connectivity index (χ3v) is 8.28. The van der Waals surface area contributed by atoms with E-state index >= 15 is 0 Å². The second-order valence-electron chi connectivity index (χ2n) is 9.33. The van der Waals surface area contributed by atoms with Gasteiger partial charge >= 0.3 is 5.97 Å². The molecular weight excluding hydrogens is 618 g/mol. The molecule has 5 rings (SSSR count). The van der Waals surface area contributed by atoms with Gasteiger partial charge in [0.2, 0.25) is 0 Å². The van der Waals surface area contributed by atoms with Crippen molar-refractivity contribution in [3.05, 3.63) is 124 Å². The van der Waals surface area contributed by atoms with Crippen molar-refractivity contribution in [2.75, 3.05) is 13.7 Å². The number of para-hydroxylation sites is 1. The van der Waals surface area contributed by atoms with Crippen LogP contribution in [0.4, 0.5) is 0 Å². The minimum atomic E-state index is -0.761. The summed E-state index contributed by atoms with van der Waals surface area (Å²) in [5.74, 6) is 0.669. The van der Waals surface area contributed by atoms with Crippen LogP contribution in [0.5, 0.6) is 11.5 Å². The molecule has 0 fully saturated rings. The van der Waals surface area contributed by atoms with Gasteiger partial charge in [0.15, 0.2) is 4.80 Å². The topological polar surface area (TPSA) is 103 Å². The summed E-state index contributed by atoms with van der Waals surface area (Å²) in [5.41, 5.74) is 3.49. The minimum Gasteiger partial charge on any atom is -0.496 e. The molecule has 0 aliphatic carbocycles. The van der Waals surface area contributed by atoms with E-state index in [1.54, 1.807) is 45.2 Å². The molecule has 0 saturated carbocycles. The number of rotatable bonds is 8. The number of ether oxygens (including phenoxy) is 3. The zero-order valence-corrected chi connectivity index (χ0v) is 25.5. The summed E-state index contributed by atoms with van der Waals surface area (Å²) in [7, 11) is 1.55. The number of esters is 1. The number of allylic oxidation sites excluding steroid dienone is 1. The monoisotopic (exact) mass is 643 g/mol. The summed E-state index contributed by atoms with van der Waals surface area (Å²) in [4.78, 5) is 32.1. The third-order valence-electron chi connectivity index (χ3n) is 6.68. The Morgan fingerprint density at radius 2 is 1.90 bits per heavy atom. The largest absolute Gasteiger partial charge is 0.496 e. The Labute approximate surface area is 254 Å². The highest BCUT2D eigenvalue weighted by molar-refractivity contribution is 9.10. The fourth-order valence-electron chi connectivity index (χ4n) is 4.69. The molecule has 3 aromatic carbocycles. The van der Waals surface area contributed by atoms with Gasteiger partial charge in [-0.1, -0.05) is 47.7 Å². The summed E-state index contributed by atoms with van der Waals surface area (Å²) in [6.07, 6.45) is 1.79. The summed E-state index contributed by atoms with van der Waals surface area (Å²) in [6, 6.07) is 21.4. The summed E-state index contributed by atoms with van der Waals surface area (Å²) < 4.78 is 19.7. The molecule has 1 aliphatic rings. The number of hydrogen-bond donors (Lipinski definition) is 0. The number of aromatic nitrogens is 1. The van der Waals surface area contributed by atoms with Crippen LogP contribution in [0.25, 0.3) is 6.08 Å². The van der Waals surface area contributed by atoms with Crippen molar-refractivity contribution in [1.29, 1.82) is 5.26 Å². The molecule has 0 bridgehead atoms. The predicted octanol–water partition coefficient (Wildman–Crippen LogP) is 5.02. The maximum atomic E-state index is 13.9. The van der Waals surface area contributed by atoms with E-state index in [1.807, 2.05) is 48.5 Å². The van der Waals surface area contributed by atoms with E-state index in [4.69, 9.17) is 19.5 Å². The Kier molecular flexibility index (Phi) is 8.71. The van der Waals surface area contributed by atoms with Crippen molar-refractivity contribution in [1.82, 2.24) is 4.57 Å². The van der Waals surface area contributed by atoms with E-state index in [9.17, 15) is 9.59 Å². The lowest BCUT2D eigenvalue weighted by Crippen LogP contribution is -2.40. The van der Waals surface area contributed by atoms with E-state index in [0.29, 0.717) is 49.8 Å². The highest BCUT2D eigenvalue weighted by Crippen LogP contribution is 2.35. The number of fused-ring (bicyclic) bond motifs is 1. The van der Waals surface area contributed by atoms with Crippen LogP contribution in [0.15, 0.2) is 92.3 Å². The highest BCUT2D eigenvalue weighted by atomic mass is 79.9. The molecule has 0 N–H and O–H groups in total. The molecule has 212 valence electrons. The number of benzene rings is 3. The maximum absolute atomic E-state index is 13.9. The van der Waals surface area contributed by atoms with Gasteiger partial charge < -0.3 is 14.2 Å². The molecule has 0 amide bonds. The lowest BCUT2D eigenvalue weighted by Gasteiger charge is -2.25. The zero-order valence-electron chi connectivity index (χ0n) is 23.1. The Bertz CT molecular complexity index is 1920. The van der Waals surface area contributed by atoms with Crippen LogP contribution in [0, 0.1) is 11.3 Å². The second kappa shape index (κ2) is 12.6. The van der Waals surface area contributed by atoms with Gasteiger partial charge in [0.25, 0.3) is 5.56 Å². The van der Waals surface area contributed by atoms with Crippen molar-refractivity contribution in [2.45, 2.75) is 26.5 Å². The number of nitriles is 1. The lowest BCUT2D eigenvalue weighted by molar-refractivity contribution is -0.139. The first-order valence-electron chi connectivity index (χ1n) is 13.1. The van der Waals surface area contributed by atoms with Crippen LogP contribution >= 0.6 is 27.3 Å².